The van der Waals surface area contributed by atoms with Crippen molar-refractivity contribution in [2.24, 2.45) is 0 Å². The quantitative estimate of drug-likeness (QED) is 0.333. The van der Waals surface area contributed by atoms with E-state index in [9.17, 15) is 14.4 Å². The van der Waals surface area contributed by atoms with Crippen molar-refractivity contribution in [2.45, 2.75) is 6.92 Å². The number of fused-ring (bicyclic) bond motifs is 1. The molecule has 0 bridgehead atoms. The number of imidazole rings is 1. The Balaban J connectivity index is 1.52. The molecule has 182 valence electrons. The van der Waals surface area contributed by atoms with E-state index in [1.807, 2.05) is 31.2 Å². The highest BCUT2D eigenvalue weighted by atomic mass is 16.2. The van der Waals surface area contributed by atoms with Crippen LogP contribution in [-0.2, 0) is 4.79 Å². The van der Waals surface area contributed by atoms with Crippen molar-refractivity contribution < 1.29 is 9.59 Å². The second-order valence-corrected chi connectivity index (χ2v) is 8.43. The molecule has 0 unspecified atom stereocenters. The third-order valence-corrected chi connectivity index (χ3v) is 5.86. The van der Waals surface area contributed by atoms with Gasteiger partial charge in [0.15, 0.2) is 0 Å². The smallest absolute Gasteiger partial charge is 0.322 e. The molecule has 0 aliphatic carbocycles. The summed E-state index contributed by atoms with van der Waals surface area (Å²) in [5.74, 6) is -0.588. The Morgan fingerprint density at radius 1 is 0.838 bits per heavy atom. The number of carbonyl (C=O) groups excluding carboxylic acids is 2. The zero-order valence-electron chi connectivity index (χ0n) is 20.0. The molecule has 8 heteroatoms. The van der Waals surface area contributed by atoms with Crippen LogP contribution in [0.3, 0.4) is 0 Å². The normalized spacial score (nSPS) is 10.7. The maximum Gasteiger partial charge on any atom is 0.338 e. The Labute approximate surface area is 212 Å². The van der Waals surface area contributed by atoms with Crippen molar-refractivity contribution in [2.75, 3.05) is 10.6 Å². The minimum absolute atomic E-state index is 0.244. The molecule has 2 heterocycles. The number of amides is 2. The number of hydrogen-bond acceptors (Lipinski definition) is 4. The highest BCUT2D eigenvalue weighted by Gasteiger charge is 2.17. The Morgan fingerprint density at radius 3 is 2.27 bits per heavy atom. The third kappa shape index (κ3) is 4.68. The first-order valence-corrected chi connectivity index (χ1v) is 11.5. The van der Waals surface area contributed by atoms with Gasteiger partial charge in [0.2, 0.25) is 5.91 Å². The van der Waals surface area contributed by atoms with Gasteiger partial charge in [-0.15, -0.1) is 0 Å². The number of hydrogen-bond donors (Lipinski definition) is 2. The van der Waals surface area contributed by atoms with Gasteiger partial charge in [-0.05, 0) is 79.2 Å². The number of rotatable bonds is 6. The fraction of sp³-hybridized carbons (Fsp3) is 0.0345. The standard InChI is InChI=1S/C29H23N5O3/c1-3-27(35)31-22-8-5-9-24(17-22)34-25-14-15-30-18-26(25)33(29(34)37)23-12-10-20(11-13-23)28(36)32-21-7-4-6-19(2)16-21/h3-18H,1H2,2H3,(H,31,35)(H,32,36). The van der Waals surface area contributed by atoms with E-state index >= 15 is 0 Å². The van der Waals surface area contributed by atoms with Crippen molar-refractivity contribution in [3.05, 3.63) is 126 Å². The molecule has 0 radical (unpaired) electrons. The molecule has 2 amide bonds. The summed E-state index contributed by atoms with van der Waals surface area (Å²) in [4.78, 5) is 42.4. The van der Waals surface area contributed by atoms with Crippen LogP contribution in [0.25, 0.3) is 22.4 Å². The minimum Gasteiger partial charge on any atom is -0.322 e. The van der Waals surface area contributed by atoms with Crippen molar-refractivity contribution in [3.63, 3.8) is 0 Å². The number of anilines is 2. The lowest BCUT2D eigenvalue weighted by Crippen LogP contribution is -2.22. The summed E-state index contributed by atoms with van der Waals surface area (Å²) in [6.45, 7) is 5.43. The number of aromatic nitrogens is 3. The molecule has 5 aromatic rings. The van der Waals surface area contributed by atoms with Crippen molar-refractivity contribution in [1.29, 1.82) is 0 Å². The summed E-state index contributed by atoms with van der Waals surface area (Å²) in [6.07, 6.45) is 4.42. The topological polar surface area (TPSA) is 98.0 Å². The number of nitrogens with zero attached hydrogens (tertiary/aromatic N) is 3. The van der Waals surface area contributed by atoms with E-state index in [1.54, 1.807) is 76.1 Å². The molecule has 0 aliphatic rings. The molecule has 8 nitrogen and oxygen atoms in total. The van der Waals surface area contributed by atoms with Crippen LogP contribution in [0.1, 0.15) is 15.9 Å². The molecule has 0 aliphatic heterocycles. The van der Waals surface area contributed by atoms with E-state index in [2.05, 4.69) is 22.2 Å². The molecule has 0 fully saturated rings. The van der Waals surface area contributed by atoms with Crippen LogP contribution in [0.2, 0.25) is 0 Å². The first-order chi connectivity index (χ1) is 17.9. The fourth-order valence-corrected chi connectivity index (χ4v) is 4.15. The third-order valence-electron chi connectivity index (χ3n) is 5.86. The molecule has 5 rings (SSSR count). The molecule has 0 atom stereocenters. The summed E-state index contributed by atoms with van der Waals surface area (Å²) < 4.78 is 3.10. The molecule has 0 saturated heterocycles. The van der Waals surface area contributed by atoms with E-state index in [4.69, 9.17) is 0 Å². The van der Waals surface area contributed by atoms with Gasteiger partial charge in [-0.1, -0.05) is 24.8 Å². The second kappa shape index (κ2) is 9.79. The highest BCUT2D eigenvalue weighted by Crippen LogP contribution is 2.22. The summed E-state index contributed by atoms with van der Waals surface area (Å²) in [7, 11) is 0. The zero-order chi connectivity index (χ0) is 25.9. The molecule has 3 aromatic carbocycles. The van der Waals surface area contributed by atoms with Gasteiger partial charge in [0.25, 0.3) is 5.91 Å². The predicted octanol–water partition coefficient (Wildman–Crippen LogP) is 4.86. The van der Waals surface area contributed by atoms with Crippen molar-refractivity contribution >= 4 is 34.2 Å². The van der Waals surface area contributed by atoms with Gasteiger partial charge in [0.1, 0.15) is 0 Å². The Hall–Kier alpha value is -5.24. The van der Waals surface area contributed by atoms with Gasteiger partial charge in [-0.25, -0.2) is 4.79 Å². The molecular weight excluding hydrogens is 466 g/mol. The molecule has 2 N–H and O–H groups in total. The van der Waals surface area contributed by atoms with Gasteiger partial charge >= 0.3 is 5.69 Å². The lowest BCUT2D eigenvalue weighted by molar-refractivity contribution is -0.111. The summed E-state index contributed by atoms with van der Waals surface area (Å²) >= 11 is 0. The van der Waals surface area contributed by atoms with Crippen LogP contribution in [0, 0.1) is 6.92 Å². The summed E-state index contributed by atoms with van der Waals surface area (Å²) in [5, 5.41) is 5.61. The summed E-state index contributed by atoms with van der Waals surface area (Å²) in [5.41, 5.74) is 4.86. The van der Waals surface area contributed by atoms with Gasteiger partial charge in [0, 0.05) is 23.1 Å². The van der Waals surface area contributed by atoms with Gasteiger partial charge < -0.3 is 10.6 Å². The molecular formula is C29H23N5O3. The first-order valence-electron chi connectivity index (χ1n) is 11.5. The van der Waals surface area contributed by atoms with Gasteiger partial charge in [-0.2, -0.15) is 0 Å². The Kier molecular flexibility index (Phi) is 6.22. The van der Waals surface area contributed by atoms with E-state index in [0.29, 0.717) is 39.3 Å². The van der Waals surface area contributed by atoms with E-state index in [0.717, 1.165) is 5.56 Å². The maximum atomic E-state index is 13.7. The number of carbonyl (C=O) groups is 2. The monoisotopic (exact) mass is 489 g/mol. The molecule has 2 aromatic heterocycles. The minimum atomic E-state index is -0.345. The van der Waals surface area contributed by atoms with E-state index < -0.39 is 0 Å². The molecule has 0 saturated carbocycles. The first kappa shape index (κ1) is 23.5. The largest absolute Gasteiger partial charge is 0.338 e. The number of benzene rings is 3. The van der Waals surface area contributed by atoms with Gasteiger partial charge in [0.05, 0.1) is 28.6 Å². The number of pyridine rings is 1. The SMILES string of the molecule is C=CC(=O)Nc1cccc(-n2c(=O)n(-c3ccc(C(=O)Nc4cccc(C)c4)cc3)c3cnccc32)c1. The Morgan fingerprint density at radius 2 is 1.54 bits per heavy atom. The van der Waals surface area contributed by atoms with Crippen LogP contribution in [0.4, 0.5) is 11.4 Å². The maximum absolute atomic E-state index is 13.7. The van der Waals surface area contributed by atoms with Crippen LogP contribution < -0.4 is 16.3 Å². The lowest BCUT2D eigenvalue weighted by atomic mass is 10.1. The van der Waals surface area contributed by atoms with E-state index in [1.165, 1.54) is 6.08 Å². The van der Waals surface area contributed by atoms with Crippen LogP contribution in [0.15, 0.2) is 109 Å². The average molecular weight is 490 g/mol. The number of nitrogens with one attached hydrogen (secondary N) is 2. The Bertz CT molecular complexity index is 1710. The van der Waals surface area contributed by atoms with Crippen LogP contribution in [-0.4, -0.2) is 25.9 Å². The molecule has 37 heavy (non-hydrogen) atoms. The van der Waals surface area contributed by atoms with Crippen molar-refractivity contribution in [3.8, 4) is 11.4 Å². The van der Waals surface area contributed by atoms with Gasteiger partial charge in [-0.3, -0.25) is 23.7 Å². The number of aryl methyl sites for hydroxylation is 1. The lowest BCUT2D eigenvalue weighted by Gasteiger charge is -2.08. The van der Waals surface area contributed by atoms with Crippen LogP contribution >= 0.6 is 0 Å². The zero-order valence-corrected chi connectivity index (χ0v) is 20.0. The van der Waals surface area contributed by atoms with E-state index in [-0.39, 0.29) is 17.5 Å². The average Bonchev–Trinajstić information content (AvgIpc) is 3.20. The fourth-order valence-electron chi connectivity index (χ4n) is 4.15. The molecule has 0 spiro atoms. The second-order valence-electron chi connectivity index (χ2n) is 8.43. The van der Waals surface area contributed by atoms with Crippen molar-refractivity contribution in [1.82, 2.24) is 14.1 Å². The van der Waals surface area contributed by atoms with Crippen LogP contribution in [0.5, 0.6) is 0 Å². The summed E-state index contributed by atoms with van der Waals surface area (Å²) in [6, 6.07) is 23.1. The predicted molar refractivity (Wildman–Crippen MR) is 145 cm³/mol. The highest BCUT2D eigenvalue weighted by molar-refractivity contribution is 6.04.